The van der Waals surface area contributed by atoms with Crippen LogP contribution in [0, 0.1) is 0 Å². The number of aromatic nitrogens is 3. The van der Waals surface area contributed by atoms with Gasteiger partial charge in [0, 0.05) is 24.0 Å². The molecule has 2 heterocycles. The molecule has 1 amide bonds. The van der Waals surface area contributed by atoms with Gasteiger partial charge in [-0.2, -0.15) is 5.10 Å². The largest absolute Gasteiger partial charge is 0.497 e. The van der Waals surface area contributed by atoms with Gasteiger partial charge >= 0.3 is 0 Å². The minimum Gasteiger partial charge on any atom is -0.497 e. The molecule has 130 valence electrons. The van der Waals surface area contributed by atoms with Crippen molar-refractivity contribution >= 4 is 16.9 Å². The number of hydrogen-bond acceptors (Lipinski definition) is 5. The van der Waals surface area contributed by atoms with Crippen LogP contribution in [-0.4, -0.2) is 28.0 Å². The van der Waals surface area contributed by atoms with Gasteiger partial charge in [0.1, 0.15) is 11.4 Å². The summed E-state index contributed by atoms with van der Waals surface area (Å²) in [5.74, 6) is 1.23. The van der Waals surface area contributed by atoms with Crippen LogP contribution in [0.3, 0.4) is 0 Å². The number of methoxy groups -OCH3 is 1. The third kappa shape index (κ3) is 3.22. The topological polar surface area (TPSA) is 82.2 Å². The minimum atomic E-state index is -0.114. The van der Waals surface area contributed by atoms with Gasteiger partial charge in [-0.3, -0.25) is 9.48 Å². The minimum absolute atomic E-state index is 0.114. The lowest BCUT2D eigenvalue weighted by atomic mass is 10.1. The van der Waals surface area contributed by atoms with E-state index in [0.717, 1.165) is 11.1 Å². The second-order valence-electron chi connectivity index (χ2n) is 6.40. The first-order chi connectivity index (χ1) is 12.1. The van der Waals surface area contributed by atoms with Crippen LogP contribution in [0.25, 0.3) is 11.0 Å². The lowest BCUT2D eigenvalue weighted by Gasteiger charge is -2.02. The van der Waals surface area contributed by atoms with Crippen LogP contribution in [0.1, 0.15) is 35.8 Å². The zero-order valence-electron chi connectivity index (χ0n) is 14.3. The fraction of sp³-hybridized carbons (Fsp3) is 0.389. The molecule has 1 saturated carbocycles. The van der Waals surface area contributed by atoms with E-state index in [2.05, 4.69) is 21.6 Å². The van der Waals surface area contributed by atoms with E-state index in [0.29, 0.717) is 29.5 Å². The van der Waals surface area contributed by atoms with Crippen LogP contribution in [0.15, 0.2) is 28.8 Å². The summed E-state index contributed by atoms with van der Waals surface area (Å²) in [7, 11) is 3.55. The van der Waals surface area contributed by atoms with E-state index in [1.54, 1.807) is 19.2 Å². The predicted octanol–water partition coefficient (Wildman–Crippen LogP) is 2.31. The molecule has 1 N–H and O–H groups in total. The molecule has 0 radical (unpaired) electrons. The van der Waals surface area contributed by atoms with Crippen molar-refractivity contribution in [3.63, 3.8) is 0 Å². The smallest absolute Gasteiger partial charge is 0.226 e. The Balaban J connectivity index is 1.41. The average molecular weight is 340 g/mol. The van der Waals surface area contributed by atoms with E-state index >= 15 is 0 Å². The summed E-state index contributed by atoms with van der Waals surface area (Å²) in [6.45, 7) is 0.415. The molecule has 1 fully saturated rings. The third-order valence-electron chi connectivity index (χ3n) is 4.51. The molecule has 2 aromatic heterocycles. The second kappa shape index (κ2) is 6.23. The number of hydrogen-bond donors (Lipinski definition) is 1. The third-order valence-corrected chi connectivity index (χ3v) is 4.51. The fourth-order valence-electron chi connectivity index (χ4n) is 3.02. The van der Waals surface area contributed by atoms with Crippen LogP contribution in [-0.2, 0) is 24.8 Å². The Labute approximate surface area is 144 Å². The molecule has 0 aliphatic heterocycles. The number of carbonyl (C=O) groups is 1. The summed E-state index contributed by atoms with van der Waals surface area (Å²) in [5.41, 5.74) is 3.37. The van der Waals surface area contributed by atoms with Crippen molar-refractivity contribution in [2.24, 2.45) is 7.05 Å². The lowest BCUT2D eigenvalue weighted by molar-refractivity contribution is -0.120. The van der Waals surface area contributed by atoms with Crippen molar-refractivity contribution in [3.05, 3.63) is 41.3 Å². The highest BCUT2D eigenvalue weighted by atomic mass is 16.5. The Kier molecular flexibility index (Phi) is 3.91. The first-order valence-corrected chi connectivity index (χ1v) is 8.36. The van der Waals surface area contributed by atoms with Gasteiger partial charge in [0.15, 0.2) is 5.58 Å². The number of amides is 1. The van der Waals surface area contributed by atoms with Gasteiger partial charge in [0.2, 0.25) is 5.91 Å². The highest BCUT2D eigenvalue weighted by Crippen LogP contribution is 2.39. The average Bonchev–Trinajstić information content (AvgIpc) is 3.29. The molecule has 4 rings (SSSR count). The van der Waals surface area contributed by atoms with E-state index < -0.39 is 0 Å². The van der Waals surface area contributed by atoms with Gasteiger partial charge in [0.05, 0.1) is 25.8 Å². The van der Waals surface area contributed by atoms with Crippen molar-refractivity contribution in [3.8, 4) is 5.75 Å². The molecule has 25 heavy (non-hydrogen) atoms. The number of nitrogens with zero attached hydrogens (tertiary/aromatic N) is 3. The van der Waals surface area contributed by atoms with E-state index in [9.17, 15) is 4.79 Å². The molecule has 0 spiro atoms. The maximum absolute atomic E-state index is 12.3. The lowest BCUT2D eigenvalue weighted by Crippen LogP contribution is -2.25. The standard InChI is InChI=1S/C18H20N4O3/c1-22-16(11-3-4-11)7-12(20-22)10-19-18(23)9-15-14-8-13(24-2)5-6-17(14)25-21-15/h5-8,11H,3-4,9-10H2,1-2H3,(H,19,23). The Morgan fingerprint density at radius 3 is 3.00 bits per heavy atom. The van der Waals surface area contributed by atoms with Crippen molar-refractivity contribution < 1.29 is 14.1 Å². The molecule has 1 aliphatic carbocycles. The van der Waals surface area contributed by atoms with E-state index in [-0.39, 0.29) is 12.3 Å². The van der Waals surface area contributed by atoms with Crippen molar-refractivity contribution in [2.75, 3.05) is 7.11 Å². The number of fused-ring (bicyclic) bond motifs is 1. The number of rotatable bonds is 6. The van der Waals surface area contributed by atoms with Crippen LogP contribution in [0.2, 0.25) is 0 Å². The second-order valence-corrected chi connectivity index (χ2v) is 6.40. The maximum atomic E-state index is 12.3. The Hall–Kier alpha value is -2.83. The number of carbonyl (C=O) groups excluding carboxylic acids is 1. The van der Waals surface area contributed by atoms with Crippen molar-refractivity contribution in [1.29, 1.82) is 0 Å². The molecule has 0 bridgehead atoms. The number of aryl methyl sites for hydroxylation is 1. The number of benzene rings is 1. The molecule has 0 unspecified atom stereocenters. The first-order valence-electron chi connectivity index (χ1n) is 8.36. The fourth-order valence-corrected chi connectivity index (χ4v) is 3.02. The molecule has 3 aromatic rings. The molecular formula is C18H20N4O3. The summed E-state index contributed by atoms with van der Waals surface area (Å²) >= 11 is 0. The highest BCUT2D eigenvalue weighted by molar-refractivity contribution is 5.87. The molecule has 1 aliphatic rings. The predicted molar refractivity (Wildman–Crippen MR) is 91.3 cm³/mol. The molecular weight excluding hydrogens is 320 g/mol. The van der Waals surface area contributed by atoms with Gasteiger partial charge < -0.3 is 14.6 Å². The SMILES string of the molecule is COc1ccc2onc(CC(=O)NCc3cc(C4CC4)n(C)n3)c2c1. The number of ether oxygens (including phenoxy) is 1. The van der Waals surface area contributed by atoms with E-state index in [1.165, 1.54) is 18.5 Å². The van der Waals surface area contributed by atoms with Crippen molar-refractivity contribution in [2.45, 2.75) is 31.7 Å². The van der Waals surface area contributed by atoms with Crippen LogP contribution >= 0.6 is 0 Å². The molecule has 7 nitrogen and oxygen atoms in total. The summed E-state index contributed by atoms with van der Waals surface area (Å²) < 4.78 is 12.4. The molecule has 0 atom stereocenters. The zero-order chi connectivity index (χ0) is 17.4. The highest BCUT2D eigenvalue weighted by Gasteiger charge is 2.27. The maximum Gasteiger partial charge on any atom is 0.226 e. The Morgan fingerprint density at radius 1 is 1.40 bits per heavy atom. The molecule has 0 saturated heterocycles. The zero-order valence-corrected chi connectivity index (χ0v) is 14.3. The quantitative estimate of drug-likeness (QED) is 0.744. The van der Waals surface area contributed by atoms with Gasteiger partial charge in [-0.05, 0) is 37.1 Å². The van der Waals surface area contributed by atoms with Gasteiger partial charge in [-0.1, -0.05) is 5.16 Å². The van der Waals surface area contributed by atoms with E-state index in [4.69, 9.17) is 9.26 Å². The van der Waals surface area contributed by atoms with Gasteiger partial charge in [-0.25, -0.2) is 0 Å². The monoisotopic (exact) mass is 340 g/mol. The summed E-state index contributed by atoms with van der Waals surface area (Å²) in [6, 6.07) is 7.50. The first kappa shape index (κ1) is 15.7. The van der Waals surface area contributed by atoms with Crippen LogP contribution < -0.4 is 10.1 Å². The Morgan fingerprint density at radius 2 is 2.24 bits per heavy atom. The van der Waals surface area contributed by atoms with Gasteiger partial charge in [0.25, 0.3) is 0 Å². The van der Waals surface area contributed by atoms with Crippen LogP contribution in [0.5, 0.6) is 5.75 Å². The van der Waals surface area contributed by atoms with Gasteiger partial charge in [-0.15, -0.1) is 0 Å². The Bertz CT molecular complexity index is 924. The summed E-state index contributed by atoms with van der Waals surface area (Å²) in [5, 5.41) is 12.2. The molecule has 1 aromatic carbocycles. The van der Waals surface area contributed by atoms with E-state index in [1.807, 2.05) is 17.8 Å². The number of nitrogens with one attached hydrogen (secondary N) is 1. The van der Waals surface area contributed by atoms with Crippen molar-refractivity contribution in [1.82, 2.24) is 20.3 Å². The summed E-state index contributed by atoms with van der Waals surface area (Å²) in [4.78, 5) is 12.3. The molecule has 7 heteroatoms. The summed E-state index contributed by atoms with van der Waals surface area (Å²) in [6.07, 6.45) is 2.62. The normalized spacial score (nSPS) is 14.0. The van der Waals surface area contributed by atoms with Crippen LogP contribution in [0.4, 0.5) is 0 Å².